The molecule has 0 radical (unpaired) electrons. The van der Waals surface area contributed by atoms with Gasteiger partial charge in [-0.3, -0.25) is 9.59 Å². The van der Waals surface area contributed by atoms with E-state index in [9.17, 15) is 14.4 Å². The Hall–Kier alpha value is -1.59. The van der Waals surface area contributed by atoms with E-state index in [1.807, 2.05) is 0 Å². The van der Waals surface area contributed by atoms with Crippen LogP contribution in [0.5, 0.6) is 0 Å². The second-order valence-electron chi connectivity index (χ2n) is 5.59. The van der Waals surface area contributed by atoms with Crippen molar-refractivity contribution in [3.63, 3.8) is 0 Å². The average Bonchev–Trinajstić information content (AvgIpc) is 3.18. The first-order valence-electron chi connectivity index (χ1n) is 6.65. The van der Waals surface area contributed by atoms with E-state index in [-0.39, 0.29) is 17.7 Å². The highest BCUT2D eigenvalue weighted by molar-refractivity contribution is 6.07. The van der Waals surface area contributed by atoms with Crippen molar-refractivity contribution in [2.45, 2.75) is 19.8 Å². The van der Waals surface area contributed by atoms with Crippen molar-refractivity contribution >= 4 is 17.7 Å². The second-order valence-corrected chi connectivity index (χ2v) is 5.59. The third-order valence-corrected chi connectivity index (χ3v) is 4.05. The molecule has 3 amide bonds. The average molecular weight is 267 g/mol. The van der Waals surface area contributed by atoms with Gasteiger partial charge >= 0.3 is 6.03 Å². The van der Waals surface area contributed by atoms with Crippen LogP contribution in [0.15, 0.2) is 0 Å². The van der Waals surface area contributed by atoms with Crippen LogP contribution in [0.1, 0.15) is 19.8 Å². The molecule has 19 heavy (non-hydrogen) atoms. The standard InChI is InChI=1S/C13H21N3O3/c1-10(17)13(4-5-13)11(18)15-6-8-16(9-7-15)12(19)14(2)3/h4-9H2,1-3H3. The van der Waals surface area contributed by atoms with Crippen molar-refractivity contribution in [3.05, 3.63) is 0 Å². The molecule has 1 saturated heterocycles. The first kappa shape index (κ1) is 13.8. The van der Waals surface area contributed by atoms with Gasteiger partial charge in [0.05, 0.1) is 0 Å². The van der Waals surface area contributed by atoms with Crippen LogP contribution in [0.2, 0.25) is 0 Å². The van der Waals surface area contributed by atoms with E-state index in [1.54, 1.807) is 23.9 Å². The molecule has 0 aromatic heterocycles. The van der Waals surface area contributed by atoms with E-state index in [2.05, 4.69) is 0 Å². The van der Waals surface area contributed by atoms with Gasteiger partial charge in [-0.15, -0.1) is 0 Å². The molecule has 2 aliphatic rings. The second kappa shape index (κ2) is 4.83. The van der Waals surface area contributed by atoms with Gasteiger partial charge in [0.15, 0.2) is 0 Å². The zero-order valence-corrected chi connectivity index (χ0v) is 11.8. The van der Waals surface area contributed by atoms with Gasteiger partial charge < -0.3 is 14.7 Å². The zero-order valence-electron chi connectivity index (χ0n) is 11.8. The molecule has 6 heteroatoms. The van der Waals surface area contributed by atoms with Gasteiger partial charge in [0.25, 0.3) is 0 Å². The van der Waals surface area contributed by atoms with Crippen molar-refractivity contribution in [2.75, 3.05) is 40.3 Å². The summed E-state index contributed by atoms with van der Waals surface area (Å²) < 4.78 is 0. The van der Waals surface area contributed by atoms with E-state index < -0.39 is 5.41 Å². The molecular formula is C13H21N3O3. The largest absolute Gasteiger partial charge is 0.338 e. The fourth-order valence-corrected chi connectivity index (χ4v) is 2.53. The number of piperazine rings is 1. The Kier molecular flexibility index (Phi) is 3.52. The third-order valence-electron chi connectivity index (χ3n) is 4.05. The van der Waals surface area contributed by atoms with Crippen molar-refractivity contribution in [1.82, 2.24) is 14.7 Å². The number of urea groups is 1. The molecular weight excluding hydrogens is 246 g/mol. The summed E-state index contributed by atoms with van der Waals surface area (Å²) in [6.45, 7) is 3.62. The van der Waals surface area contributed by atoms with Crippen LogP contribution < -0.4 is 0 Å². The molecule has 0 spiro atoms. The van der Waals surface area contributed by atoms with E-state index in [0.29, 0.717) is 39.0 Å². The highest BCUT2D eigenvalue weighted by atomic mass is 16.2. The van der Waals surface area contributed by atoms with Crippen LogP contribution in [-0.4, -0.2) is 72.7 Å². The van der Waals surface area contributed by atoms with Gasteiger partial charge in [-0.1, -0.05) is 0 Å². The molecule has 1 aliphatic heterocycles. The molecule has 0 aromatic carbocycles. The Bertz CT molecular complexity index is 407. The first-order valence-corrected chi connectivity index (χ1v) is 6.65. The Balaban J connectivity index is 1.92. The first-order chi connectivity index (χ1) is 8.88. The molecule has 106 valence electrons. The molecule has 1 saturated carbocycles. The van der Waals surface area contributed by atoms with Crippen molar-refractivity contribution in [2.24, 2.45) is 5.41 Å². The van der Waals surface area contributed by atoms with Gasteiger partial charge in [0.1, 0.15) is 11.2 Å². The Morgan fingerprint density at radius 3 is 1.79 bits per heavy atom. The molecule has 0 N–H and O–H groups in total. The number of amides is 3. The number of carbonyl (C=O) groups is 3. The molecule has 2 fully saturated rings. The smallest absolute Gasteiger partial charge is 0.319 e. The van der Waals surface area contributed by atoms with E-state index in [4.69, 9.17) is 0 Å². The predicted molar refractivity (Wildman–Crippen MR) is 69.6 cm³/mol. The molecule has 1 aliphatic carbocycles. The summed E-state index contributed by atoms with van der Waals surface area (Å²) in [6, 6.07) is -0.0280. The highest BCUT2D eigenvalue weighted by Gasteiger charge is 2.55. The molecule has 2 rings (SSSR count). The Morgan fingerprint density at radius 2 is 1.42 bits per heavy atom. The van der Waals surface area contributed by atoms with Gasteiger partial charge in [-0.05, 0) is 19.8 Å². The summed E-state index contributed by atoms with van der Waals surface area (Å²) in [5.41, 5.74) is -0.728. The topological polar surface area (TPSA) is 60.9 Å². The number of ketones is 1. The van der Waals surface area contributed by atoms with Crippen LogP contribution in [0.25, 0.3) is 0 Å². The van der Waals surface area contributed by atoms with Crippen molar-refractivity contribution in [1.29, 1.82) is 0 Å². The summed E-state index contributed by atoms with van der Waals surface area (Å²) >= 11 is 0. The zero-order chi connectivity index (χ0) is 14.2. The number of nitrogens with zero attached hydrogens (tertiary/aromatic N) is 3. The summed E-state index contributed by atoms with van der Waals surface area (Å²) in [7, 11) is 3.43. The summed E-state index contributed by atoms with van der Waals surface area (Å²) in [5.74, 6) is -0.0683. The normalized spacial score (nSPS) is 21.0. The molecule has 6 nitrogen and oxygen atoms in total. The molecule has 0 bridgehead atoms. The summed E-state index contributed by atoms with van der Waals surface area (Å²) in [4.78, 5) is 40.7. The van der Waals surface area contributed by atoms with Crippen LogP contribution in [-0.2, 0) is 9.59 Å². The summed E-state index contributed by atoms with van der Waals surface area (Å²) in [6.07, 6.45) is 1.36. The number of hydrogen-bond donors (Lipinski definition) is 0. The Morgan fingerprint density at radius 1 is 0.947 bits per heavy atom. The van der Waals surface area contributed by atoms with Gasteiger partial charge in [-0.25, -0.2) is 4.79 Å². The fraction of sp³-hybridized carbons (Fsp3) is 0.769. The third kappa shape index (κ3) is 2.43. The molecule has 0 aromatic rings. The minimum Gasteiger partial charge on any atom is -0.338 e. The van der Waals surface area contributed by atoms with Crippen LogP contribution in [0.4, 0.5) is 4.79 Å². The number of hydrogen-bond acceptors (Lipinski definition) is 3. The van der Waals surface area contributed by atoms with Crippen molar-refractivity contribution in [3.8, 4) is 0 Å². The molecule has 0 unspecified atom stereocenters. The minimum atomic E-state index is -0.728. The van der Waals surface area contributed by atoms with E-state index >= 15 is 0 Å². The summed E-state index contributed by atoms with van der Waals surface area (Å²) in [5, 5.41) is 0. The van der Waals surface area contributed by atoms with Gasteiger partial charge in [0.2, 0.25) is 5.91 Å². The lowest BCUT2D eigenvalue weighted by Gasteiger charge is -2.37. The van der Waals surface area contributed by atoms with Crippen LogP contribution >= 0.6 is 0 Å². The SMILES string of the molecule is CC(=O)C1(C(=O)N2CCN(C(=O)N(C)C)CC2)CC1. The van der Waals surface area contributed by atoms with Crippen LogP contribution in [0.3, 0.4) is 0 Å². The number of Topliss-reactive ketones (excluding diaryl/α,β-unsaturated/α-hetero) is 1. The lowest BCUT2D eigenvalue weighted by molar-refractivity contribution is -0.143. The minimum absolute atomic E-state index is 0.0238. The quantitative estimate of drug-likeness (QED) is 0.671. The highest BCUT2D eigenvalue weighted by Crippen LogP contribution is 2.48. The molecule has 1 heterocycles. The maximum absolute atomic E-state index is 12.3. The van der Waals surface area contributed by atoms with Gasteiger partial charge in [0, 0.05) is 40.3 Å². The number of carbonyl (C=O) groups excluding carboxylic acids is 3. The van der Waals surface area contributed by atoms with Crippen LogP contribution in [0, 0.1) is 5.41 Å². The monoisotopic (exact) mass is 267 g/mol. The van der Waals surface area contributed by atoms with Crippen molar-refractivity contribution < 1.29 is 14.4 Å². The maximum Gasteiger partial charge on any atom is 0.319 e. The predicted octanol–water partition coefficient (Wildman–Crippen LogP) is 0.181. The van der Waals surface area contributed by atoms with E-state index in [1.165, 1.54) is 11.8 Å². The van der Waals surface area contributed by atoms with Gasteiger partial charge in [-0.2, -0.15) is 0 Å². The lowest BCUT2D eigenvalue weighted by atomic mass is 10.00. The van der Waals surface area contributed by atoms with E-state index in [0.717, 1.165) is 0 Å². The fourth-order valence-electron chi connectivity index (χ4n) is 2.53. The Labute approximate surface area is 113 Å². The lowest BCUT2D eigenvalue weighted by Crippen LogP contribution is -2.54. The molecule has 0 atom stereocenters. The number of rotatable bonds is 2. The maximum atomic E-state index is 12.3.